The predicted octanol–water partition coefficient (Wildman–Crippen LogP) is 15.2. The maximum absolute atomic E-state index is 7.13. The van der Waals surface area contributed by atoms with Crippen LogP contribution in [0.25, 0.3) is 50.3 Å². The van der Waals surface area contributed by atoms with Crippen LogP contribution in [0.4, 0.5) is 0 Å². The molecule has 1 heterocycles. The topological polar surface area (TPSA) is 43.3 Å². The first-order chi connectivity index (χ1) is 30.3. The molecule has 0 aliphatic heterocycles. The minimum absolute atomic E-state index is 0.0467. The summed E-state index contributed by atoms with van der Waals surface area (Å²) in [5.41, 5.74) is 22.4. The van der Waals surface area contributed by atoms with Crippen LogP contribution in [0.1, 0.15) is 74.9 Å². The van der Waals surface area contributed by atoms with Crippen molar-refractivity contribution in [3.05, 3.63) is 245 Å². The number of rotatable bonds is 11. The molecule has 0 amide bonds. The number of hydrogen-bond acceptors (Lipinski definition) is 2. The Kier molecular flexibility index (Phi) is 12.1. The highest BCUT2D eigenvalue weighted by atomic mass is 15.0. The summed E-state index contributed by atoms with van der Waals surface area (Å²) < 4.78 is 2.49. The van der Waals surface area contributed by atoms with Crippen molar-refractivity contribution in [2.45, 2.75) is 58.9 Å². The van der Waals surface area contributed by atoms with E-state index in [2.05, 4.69) is 210 Å². The van der Waals surface area contributed by atoms with Crippen LogP contribution < -0.4 is 5.73 Å². The zero-order chi connectivity index (χ0) is 44.1. The van der Waals surface area contributed by atoms with E-state index in [1.165, 1.54) is 27.5 Å². The molecule has 0 radical (unpaired) electrons. The standard InChI is InChI=1S/C60H57N3/c1-42(54(61)40-55(47-31-21-12-22-32-47)62-41-44-25-15-9-16-26-44)35-50(45-27-17-10-18-28-45)57(36-43-23-13-8-14-24-43)63-56-34-33-48(59(2,3)4)37-52(56)53-39-49(60(5,6)7)38-51(58(53)63)46-29-19-11-20-30-46/h8-40H,1,41,61H2,2-7H3/b50-35-,54-40-,57-36-,62-55+. The van der Waals surface area contributed by atoms with Gasteiger partial charge in [-0.3, -0.25) is 4.99 Å². The van der Waals surface area contributed by atoms with E-state index in [0.29, 0.717) is 17.8 Å². The van der Waals surface area contributed by atoms with Crippen molar-refractivity contribution in [2.75, 3.05) is 0 Å². The fourth-order valence-corrected chi connectivity index (χ4v) is 8.11. The Balaban J connectivity index is 1.43. The minimum Gasteiger partial charge on any atom is -0.398 e. The van der Waals surface area contributed by atoms with Gasteiger partial charge in [-0.15, -0.1) is 0 Å². The molecule has 0 atom stereocenters. The number of aliphatic imine (C=N–C) groups is 1. The second-order valence-electron chi connectivity index (χ2n) is 18.4. The number of benzene rings is 7. The quantitative estimate of drug-likeness (QED) is 0.103. The molecule has 0 fully saturated rings. The number of aromatic nitrogens is 1. The fraction of sp³-hybridized carbons (Fsp3) is 0.150. The van der Waals surface area contributed by atoms with Crippen molar-refractivity contribution in [3.8, 4) is 11.1 Å². The summed E-state index contributed by atoms with van der Waals surface area (Å²) in [6.07, 6.45) is 6.44. The first-order valence-electron chi connectivity index (χ1n) is 21.9. The van der Waals surface area contributed by atoms with Crippen molar-refractivity contribution in [1.29, 1.82) is 0 Å². The van der Waals surface area contributed by atoms with Crippen LogP contribution >= 0.6 is 0 Å². The first kappa shape index (κ1) is 42.5. The van der Waals surface area contributed by atoms with E-state index in [9.17, 15) is 0 Å². The maximum Gasteiger partial charge on any atom is 0.0671 e. The average Bonchev–Trinajstić information content (AvgIpc) is 3.63. The molecular formula is C60H57N3. The molecule has 0 aliphatic carbocycles. The molecular weight excluding hydrogens is 763 g/mol. The molecule has 0 aliphatic rings. The molecule has 3 nitrogen and oxygen atoms in total. The van der Waals surface area contributed by atoms with Gasteiger partial charge in [0.25, 0.3) is 0 Å². The largest absolute Gasteiger partial charge is 0.398 e. The number of allylic oxidation sites excluding steroid dienone is 4. The van der Waals surface area contributed by atoms with Gasteiger partial charge in [0.05, 0.1) is 29.0 Å². The summed E-state index contributed by atoms with van der Waals surface area (Å²) in [5.74, 6) is 0. The molecule has 7 aromatic carbocycles. The lowest BCUT2D eigenvalue weighted by molar-refractivity contribution is 0.590. The predicted molar refractivity (Wildman–Crippen MR) is 272 cm³/mol. The van der Waals surface area contributed by atoms with Crippen molar-refractivity contribution >= 4 is 44.9 Å². The van der Waals surface area contributed by atoms with Crippen LogP contribution in [-0.4, -0.2) is 10.3 Å². The Morgan fingerprint density at radius 2 is 1.13 bits per heavy atom. The molecule has 0 bridgehead atoms. The molecule has 0 saturated carbocycles. The highest BCUT2D eigenvalue weighted by Gasteiger charge is 2.26. The SMILES string of the molecule is C=C(/C=C(\C(=C\c1ccccc1)n1c2ccc(C(C)(C)C)cc2c2cc(C(C)(C)C)cc(-c3ccccc3)c21)c1ccccc1)/C(N)=C/C(=N\Cc1ccccc1)c1ccccc1. The number of fused-ring (bicyclic) bond motifs is 3. The van der Waals surface area contributed by atoms with Crippen LogP contribution in [-0.2, 0) is 17.4 Å². The molecule has 1 aromatic heterocycles. The highest BCUT2D eigenvalue weighted by molar-refractivity contribution is 6.20. The number of hydrogen-bond donors (Lipinski definition) is 1. The van der Waals surface area contributed by atoms with Gasteiger partial charge in [0, 0.05) is 27.6 Å². The van der Waals surface area contributed by atoms with Gasteiger partial charge in [-0.05, 0) is 97.8 Å². The van der Waals surface area contributed by atoms with E-state index >= 15 is 0 Å². The van der Waals surface area contributed by atoms with Crippen molar-refractivity contribution < 1.29 is 0 Å². The summed E-state index contributed by atoms with van der Waals surface area (Å²) >= 11 is 0. The zero-order valence-electron chi connectivity index (χ0n) is 37.4. The summed E-state index contributed by atoms with van der Waals surface area (Å²) in [7, 11) is 0. The van der Waals surface area contributed by atoms with E-state index < -0.39 is 0 Å². The van der Waals surface area contributed by atoms with Gasteiger partial charge in [0.2, 0.25) is 0 Å². The summed E-state index contributed by atoms with van der Waals surface area (Å²) in [5, 5.41) is 2.43. The van der Waals surface area contributed by atoms with Gasteiger partial charge in [-0.25, -0.2) is 0 Å². The molecule has 3 heteroatoms. The van der Waals surface area contributed by atoms with Crippen LogP contribution in [0.5, 0.6) is 0 Å². The van der Waals surface area contributed by atoms with E-state index in [1.807, 2.05) is 42.5 Å². The lowest BCUT2D eigenvalue weighted by Crippen LogP contribution is -2.11. The highest BCUT2D eigenvalue weighted by Crippen LogP contribution is 2.45. The smallest absolute Gasteiger partial charge is 0.0671 e. The van der Waals surface area contributed by atoms with Crippen molar-refractivity contribution in [3.63, 3.8) is 0 Å². The minimum atomic E-state index is -0.0871. The third-order valence-corrected chi connectivity index (χ3v) is 11.7. The van der Waals surface area contributed by atoms with Crippen molar-refractivity contribution in [2.24, 2.45) is 10.7 Å². The molecule has 8 rings (SSSR count). The Hall–Kier alpha value is -7.23. The maximum atomic E-state index is 7.13. The van der Waals surface area contributed by atoms with Gasteiger partial charge in [0.1, 0.15) is 0 Å². The van der Waals surface area contributed by atoms with Gasteiger partial charge in [0.15, 0.2) is 0 Å². The molecule has 312 valence electrons. The van der Waals surface area contributed by atoms with Crippen LogP contribution in [0, 0.1) is 0 Å². The average molecular weight is 820 g/mol. The molecule has 8 aromatic rings. The van der Waals surface area contributed by atoms with E-state index in [-0.39, 0.29) is 10.8 Å². The van der Waals surface area contributed by atoms with E-state index in [0.717, 1.165) is 55.8 Å². The number of nitrogens with zero attached hydrogens (tertiary/aromatic N) is 2. The van der Waals surface area contributed by atoms with Gasteiger partial charge in [-0.1, -0.05) is 206 Å². The third-order valence-electron chi connectivity index (χ3n) is 11.7. The number of nitrogens with two attached hydrogens (primary N) is 1. The van der Waals surface area contributed by atoms with Crippen LogP contribution in [0.3, 0.4) is 0 Å². The van der Waals surface area contributed by atoms with Crippen LogP contribution in [0.15, 0.2) is 217 Å². The van der Waals surface area contributed by atoms with Gasteiger partial charge in [-0.2, -0.15) is 0 Å². The zero-order valence-corrected chi connectivity index (χ0v) is 37.4. The van der Waals surface area contributed by atoms with Crippen molar-refractivity contribution in [1.82, 2.24) is 4.57 Å². The lowest BCUT2D eigenvalue weighted by atomic mass is 9.83. The second kappa shape index (κ2) is 18.0. The Labute approximate surface area is 374 Å². The Morgan fingerprint density at radius 1 is 0.587 bits per heavy atom. The third kappa shape index (κ3) is 9.49. The monoisotopic (exact) mass is 819 g/mol. The fourth-order valence-electron chi connectivity index (χ4n) is 8.11. The molecule has 2 N–H and O–H groups in total. The Morgan fingerprint density at radius 3 is 1.73 bits per heavy atom. The van der Waals surface area contributed by atoms with Gasteiger partial charge < -0.3 is 10.3 Å². The normalized spacial score (nSPS) is 13.2. The van der Waals surface area contributed by atoms with Gasteiger partial charge >= 0.3 is 0 Å². The van der Waals surface area contributed by atoms with E-state index in [4.69, 9.17) is 10.7 Å². The molecule has 0 spiro atoms. The summed E-state index contributed by atoms with van der Waals surface area (Å²) in [4.78, 5) is 5.09. The second-order valence-corrected chi connectivity index (χ2v) is 18.4. The Bertz CT molecular complexity index is 3010. The lowest BCUT2D eigenvalue weighted by Gasteiger charge is -2.23. The van der Waals surface area contributed by atoms with E-state index in [1.54, 1.807) is 0 Å². The molecule has 0 saturated heterocycles. The molecule has 63 heavy (non-hydrogen) atoms. The summed E-state index contributed by atoms with van der Waals surface area (Å²) in [6, 6.07) is 64.5. The summed E-state index contributed by atoms with van der Waals surface area (Å²) in [6.45, 7) is 19.0. The van der Waals surface area contributed by atoms with Crippen LogP contribution in [0.2, 0.25) is 0 Å². The first-order valence-corrected chi connectivity index (χ1v) is 21.9. The molecule has 0 unspecified atom stereocenters.